The minimum Gasteiger partial charge on any atom is -0.445 e. The monoisotopic (exact) mass is 403 g/mol. The van der Waals surface area contributed by atoms with Gasteiger partial charge in [0.1, 0.15) is 12.4 Å². The minimum absolute atomic E-state index is 0.0457. The third kappa shape index (κ3) is 5.15. The third-order valence-corrected chi connectivity index (χ3v) is 5.91. The summed E-state index contributed by atoms with van der Waals surface area (Å²) in [6, 6.07) is 9.42. The number of morpholine rings is 1. The topological polar surface area (TPSA) is 74.3 Å². The molecule has 0 saturated carbocycles. The van der Waals surface area contributed by atoms with Crippen LogP contribution >= 0.6 is 0 Å². The number of rotatable bonds is 6. The number of carbonyl (C=O) groups excluding carboxylic acids is 2. The second-order valence-corrected chi connectivity index (χ2v) is 7.99. The van der Waals surface area contributed by atoms with Gasteiger partial charge < -0.3 is 18.9 Å². The van der Waals surface area contributed by atoms with Crippen molar-refractivity contribution in [1.82, 2.24) is 4.90 Å². The Morgan fingerprint density at radius 3 is 2.41 bits per heavy atom. The Bertz CT molecular complexity index is 676. The van der Waals surface area contributed by atoms with E-state index in [0.29, 0.717) is 52.1 Å². The molecule has 3 fully saturated rings. The molecule has 0 radical (unpaired) electrons. The molecule has 0 aliphatic carbocycles. The summed E-state index contributed by atoms with van der Waals surface area (Å²) in [5.74, 6) is 0.188. The van der Waals surface area contributed by atoms with Crippen LogP contribution in [0.5, 0.6) is 0 Å². The van der Waals surface area contributed by atoms with Crippen LogP contribution in [0.1, 0.15) is 37.7 Å². The van der Waals surface area contributed by atoms with Crippen LogP contribution in [0, 0.1) is 5.92 Å². The number of ketones is 1. The van der Waals surface area contributed by atoms with Crippen molar-refractivity contribution in [1.29, 1.82) is 0 Å². The molecule has 7 heteroatoms. The van der Waals surface area contributed by atoms with Crippen LogP contribution in [0.25, 0.3) is 0 Å². The summed E-state index contributed by atoms with van der Waals surface area (Å²) in [5, 5.41) is 0. The number of hydrogen-bond donors (Lipinski definition) is 0. The summed E-state index contributed by atoms with van der Waals surface area (Å²) in [6.07, 6.45) is 2.64. The molecular formula is C22H29NO6. The van der Waals surface area contributed by atoms with E-state index in [1.807, 2.05) is 30.3 Å². The molecule has 0 N–H and O–H groups in total. The summed E-state index contributed by atoms with van der Waals surface area (Å²) >= 11 is 0. The molecule has 1 amide bonds. The van der Waals surface area contributed by atoms with Gasteiger partial charge in [-0.05, 0) is 24.8 Å². The summed E-state index contributed by atoms with van der Waals surface area (Å²) in [7, 11) is 0. The van der Waals surface area contributed by atoms with Crippen LogP contribution in [0.4, 0.5) is 4.79 Å². The van der Waals surface area contributed by atoms with Gasteiger partial charge in [-0.3, -0.25) is 9.69 Å². The standard InChI is InChI=1S/C22H29NO6/c24-20(7-8-21-27-9-4-10-28-21)17-11-18-14-26-15-19(12-17)23(18)22(25)29-13-16-5-2-1-3-6-16/h1-3,5-6,17-19,21H,4,7-15H2. The fraction of sp³-hybridized carbons (Fsp3) is 0.636. The van der Waals surface area contributed by atoms with E-state index in [4.69, 9.17) is 18.9 Å². The maximum atomic E-state index is 12.8. The molecule has 0 aromatic heterocycles. The highest BCUT2D eigenvalue weighted by Gasteiger charge is 2.44. The molecule has 1 aromatic carbocycles. The Hall–Kier alpha value is -1.96. The fourth-order valence-corrected chi connectivity index (χ4v) is 4.44. The van der Waals surface area contributed by atoms with Gasteiger partial charge in [-0.25, -0.2) is 4.79 Å². The molecule has 0 spiro atoms. The molecule has 3 heterocycles. The summed E-state index contributed by atoms with van der Waals surface area (Å²) in [4.78, 5) is 27.3. The molecular weight excluding hydrogens is 374 g/mol. The molecule has 4 rings (SSSR count). The van der Waals surface area contributed by atoms with Crippen LogP contribution < -0.4 is 0 Å². The second-order valence-electron chi connectivity index (χ2n) is 7.99. The first-order valence-corrected chi connectivity index (χ1v) is 10.5. The fourth-order valence-electron chi connectivity index (χ4n) is 4.44. The van der Waals surface area contributed by atoms with Crippen molar-refractivity contribution < 1.29 is 28.5 Å². The summed E-state index contributed by atoms with van der Waals surface area (Å²) in [6.45, 7) is 2.55. The number of carbonyl (C=O) groups is 2. The van der Waals surface area contributed by atoms with Crippen LogP contribution in [0.15, 0.2) is 30.3 Å². The summed E-state index contributed by atoms with van der Waals surface area (Å²) in [5.41, 5.74) is 0.958. The van der Waals surface area contributed by atoms with Gasteiger partial charge in [-0.2, -0.15) is 0 Å². The van der Waals surface area contributed by atoms with E-state index in [9.17, 15) is 9.59 Å². The average Bonchev–Trinajstić information content (AvgIpc) is 2.76. The van der Waals surface area contributed by atoms with Gasteiger partial charge in [0, 0.05) is 18.8 Å². The van der Waals surface area contributed by atoms with Crippen LogP contribution in [-0.4, -0.2) is 61.6 Å². The minimum atomic E-state index is -0.318. The lowest BCUT2D eigenvalue weighted by atomic mass is 9.81. The smallest absolute Gasteiger partial charge is 0.410 e. The van der Waals surface area contributed by atoms with Gasteiger partial charge in [-0.1, -0.05) is 30.3 Å². The number of ether oxygens (including phenoxy) is 4. The number of hydrogen-bond acceptors (Lipinski definition) is 6. The maximum Gasteiger partial charge on any atom is 0.410 e. The van der Waals surface area contributed by atoms with E-state index >= 15 is 0 Å². The number of piperidine rings is 1. The normalized spacial score (nSPS) is 27.4. The molecule has 29 heavy (non-hydrogen) atoms. The predicted octanol–water partition coefficient (Wildman–Crippen LogP) is 2.91. The average molecular weight is 403 g/mol. The Labute approximate surface area is 171 Å². The third-order valence-electron chi connectivity index (χ3n) is 5.91. The number of amides is 1. The molecule has 158 valence electrons. The molecule has 7 nitrogen and oxygen atoms in total. The van der Waals surface area contributed by atoms with Gasteiger partial charge >= 0.3 is 6.09 Å². The van der Waals surface area contributed by atoms with Crippen molar-refractivity contribution in [2.45, 2.75) is 57.1 Å². The first-order chi connectivity index (χ1) is 14.2. The van der Waals surface area contributed by atoms with Crippen LogP contribution in [0.2, 0.25) is 0 Å². The van der Waals surface area contributed by atoms with Crippen molar-refractivity contribution in [3.05, 3.63) is 35.9 Å². The number of benzene rings is 1. The lowest BCUT2D eigenvalue weighted by Gasteiger charge is -2.47. The number of nitrogens with zero attached hydrogens (tertiary/aromatic N) is 1. The Morgan fingerprint density at radius 1 is 1.03 bits per heavy atom. The Balaban J connectivity index is 1.29. The van der Waals surface area contributed by atoms with Crippen molar-refractivity contribution in [3.8, 4) is 0 Å². The SMILES string of the molecule is O=C(CCC1OCCCO1)C1CC2COCC(C1)N2C(=O)OCc1ccccc1. The highest BCUT2D eigenvalue weighted by Crippen LogP contribution is 2.33. The lowest BCUT2D eigenvalue weighted by molar-refractivity contribution is -0.182. The second kappa shape index (κ2) is 9.69. The van der Waals surface area contributed by atoms with Gasteiger partial charge in [0.25, 0.3) is 0 Å². The maximum absolute atomic E-state index is 12.8. The largest absolute Gasteiger partial charge is 0.445 e. The molecule has 3 aliphatic rings. The molecule has 2 unspecified atom stereocenters. The zero-order chi connectivity index (χ0) is 20.1. The highest BCUT2D eigenvalue weighted by molar-refractivity contribution is 5.81. The van der Waals surface area contributed by atoms with Gasteiger partial charge in [-0.15, -0.1) is 0 Å². The van der Waals surface area contributed by atoms with Crippen molar-refractivity contribution in [2.24, 2.45) is 5.92 Å². The number of fused-ring (bicyclic) bond motifs is 2. The van der Waals surface area contributed by atoms with E-state index in [-0.39, 0.29) is 42.8 Å². The first kappa shape index (κ1) is 20.3. The Morgan fingerprint density at radius 2 is 1.72 bits per heavy atom. The van der Waals surface area contributed by atoms with Gasteiger partial charge in [0.15, 0.2) is 6.29 Å². The van der Waals surface area contributed by atoms with Gasteiger partial charge in [0.05, 0.1) is 38.5 Å². The van der Waals surface area contributed by atoms with Crippen molar-refractivity contribution >= 4 is 11.9 Å². The van der Waals surface area contributed by atoms with Crippen LogP contribution in [-0.2, 0) is 30.3 Å². The van der Waals surface area contributed by atoms with E-state index in [2.05, 4.69) is 0 Å². The quantitative estimate of drug-likeness (QED) is 0.727. The molecule has 1 aromatic rings. The first-order valence-electron chi connectivity index (χ1n) is 10.5. The predicted molar refractivity (Wildman–Crippen MR) is 104 cm³/mol. The zero-order valence-electron chi connectivity index (χ0n) is 16.7. The van der Waals surface area contributed by atoms with Crippen molar-refractivity contribution in [3.63, 3.8) is 0 Å². The number of Topliss-reactive ketones (excluding diaryl/α,β-unsaturated/α-hetero) is 1. The zero-order valence-corrected chi connectivity index (χ0v) is 16.7. The van der Waals surface area contributed by atoms with Gasteiger partial charge in [0.2, 0.25) is 0 Å². The van der Waals surface area contributed by atoms with E-state index in [0.717, 1.165) is 12.0 Å². The molecule has 3 saturated heterocycles. The van der Waals surface area contributed by atoms with Crippen LogP contribution in [0.3, 0.4) is 0 Å². The highest BCUT2D eigenvalue weighted by atomic mass is 16.7. The van der Waals surface area contributed by atoms with E-state index < -0.39 is 0 Å². The van der Waals surface area contributed by atoms with Crippen molar-refractivity contribution in [2.75, 3.05) is 26.4 Å². The molecule has 2 bridgehead atoms. The molecule has 2 atom stereocenters. The lowest BCUT2D eigenvalue weighted by Crippen LogP contribution is -2.59. The summed E-state index contributed by atoms with van der Waals surface area (Å²) < 4.78 is 22.3. The Kier molecular flexibility index (Phi) is 6.79. The van der Waals surface area contributed by atoms with E-state index in [1.54, 1.807) is 4.90 Å². The van der Waals surface area contributed by atoms with E-state index in [1.165, 1.54) is 0 Å². The molecule has 3 aliphatic heterocycles.